The average Bonchev–Trinajstić information content (AvgIpc) is 2.91. The summed E-state index contributed by atoms with van der Waals surface area (Å²) in [4.78, 5) is 0. The minimum absolute atomic E-state index is 0.0876. The van der Waals surface area contributed by atoms with E-state index in [0.717, 1.165) is 30.3 Å². The van der Waals surface area contributed by atoms with Gasteiger partial charge >= 0.3 is 6.18 Å². The summed E-state index contributed by atoms with van der Waals surface area (Å²) in [5, 5.41) is 2.89. The molecule has 0 fully saturated rings. The molecule has 1 unspecified atom stereocenters. The van der Waals surface area contributed by atoms with Crippen LogP contribution in [0.3, 0.4) is 0 Å². The second-order valence-electron chi connectivity index (χ2n) is 5.64. The molecular formula is C17H14F5NO. The molecular weight excluding hydrogens is 329 g/mol. The van der Waals surface area contributed by atoms with E-state index in [9.17, 15) is 22.0 Å². The van der Waals surface area contributed by atoms with Gasteiger partial charge < -0.3 is 10.1 Å². The summed E-state index contributed by atoms with van der Waals surface area (Å²) in [6.07, 6.45) is -4.68. The lowest BCUT2D eigenvalue weighted by Gasteiger charge is -2.15. The van der Waals surface area contributed by atoms with E-state index in [-0.39, 0.29) is 29.4 Å². The van der Waals surface area contributed by atoms with E-state index in [1.165, 1.54) is 0 Å². The largest absolute Gasteiger partial charge is 0.488 e. The van der Waals surface area contributed by atoms with Crippen molar-refractivity contribution in [3.05, 3.63) is 53.1 Å². The van der Waals surface area contributed by atoms with Gasteiger partial charge in [-0.1, -0.05) is 0 Å². The van der Waals surface area contributed by atoms with Gasteiger partial charge in [0.25, 0.3) is 0 Å². The molecule has 0 amide bonds. The Balaban J connectivity index is 2.18. The molecule has 2 nitrogen and oxygen atoms in total. The number of alkyl halides is 3. The predicted octanol–water partition coefficient (Wildman–Crippen LogP) is 4.17. The quantitative estimate of drug-likeness (QED) is 0.845. The summed E-state index contributed by atoms with van der Waals surface area (Å²) < 4.78 is 72.7. The molecule has 0 aromatic heterocycles. The standard InChI is InChI=1S/C17H14F5NO/c1-23-8-12-5-9-4-10(17(20,21)22)6-14(16(9)24-12)13-7-11(18)2-3-15(13)19/h2-4,6-7,12,23H,5,8H2,1H3. The number of rotatable bonds is 3. The zero-order valence-electron chi connectivity index (χ0n) is 12.7. The molecule has 0 radical (unpaired) electrons. The van der Waals surface area contributed by atoms with Crippen LogP contribution in [-0.4, -0.2) is 19.7 Å². The molecule has 1 aliphatic rings. The molecule has 1 aliphatic heterocycles. The third-order valence-electron chi connectivity index (χ3n) is 3.88. The van der Waals surface area contributed by atoms with Crippen molar-refractivity contribution in [3.8, 4) is 16.9 Å². The second-order valence-corrected chi connectivity index (χ2v) is 5.64. The minimum atomic E-state index is -4.59. The van der Waals surface area contributed by atoms with E-state index in [2.05, 4.69) is 5.32 Å². The number of halogens is 5. The minimum Gasteiger partial charge on any atom is -0.488 e. The maximum Gasteiger partial charge on any atom is 0.416 e. The van der Waals surface area contributed by atoms with Crippen LogP contribution >= 0.6 is 0 Å². The van der Waals surface area contributed by atoms with Crippen molar-refractivity contribution < 1.29 is 26.7 Å². The lowest BCUT2D eigenvalue weighted by atomic mass is 9.96. The zero-order valence-corrected chi connectivity index (χ0v) is 12.7. The van der Waals surface area contributed by atoms with Gasteiger partial charge in [-0.15, -0.1) is 0 Å². The Labute approximate surface area is 135 Å². The fraction of sp³-hybridized carbons (Fsp3) is 0.294. The van der Waals surface area contributed by atoms with Crippen LogP contribution in [0.15, 0.2) is 30.3 Å². The van der Waals surface area contributed by atoms with E-state index in [1.54, 1.807) is 7.05 Å². The Bertz CT molecular complexity index is 772. The second kappa shape index (κ2) is 6.05. The van der Waals surface area contributed by atoms with E-state index in [4.69, 9.17) is 4.74 Å². The number of benzene rings is 2. The van der Waals surface area contributed by atoms with Gasteiger partial charge in [0.15, 0.2) is 0 Å². The Morgan fingerprint density at radius 3 is 2.54 bits per heavy atom. The number of nitrogens with one attached hydrogen (secondary N) is 1. The van der Waals surface area contributed by atoms with Crippen molar-refractivity contribution >= 4 is 0 Å². The molecule has 1 N–H and O–H groups in total. The topological polar surface area (TPSA) is 21.3 Å². The van der Waals surface area contributed by atoms with Crippen molar-refractivity contribution in [1.82, 2.24) is 5.32 Å². The summed E-state index contributed by atoms with van der Waals surface area (Å²) >= 11 is 0. The lowest BCUT2D eigenvalue weighted by Crippen LogP contribution is -2.27. The molecule has 0 saturated heterocycles. The highest BCUT2D eigenvalue weighted by Gasteiger charge is 2.35. The smallest absolute Gasteiger partial charge is 0.416 e. The maximum absolute atomic E-state index is 14.1. The summed E-state index contributed by atoms with van der Waals surface area (Å²) in [6.45, 7) is 0.432. The highest BCUT2D eigenvalue weighted by molar-refractivity contribution is 5.74. The van der Waals surface area contributed by atoms with Gasteiger partial charge in [-0.05, 0) is 42.9 Å². The van der Waals surface area contributed by atoms with Gasteiger partial charge in [0, 0.05) is 24.1 Å². The van der Waals surface area contributed by atoms with Crippen LogP contribution in [0.2, 0.25) is 0 Å². The number of fused-ring (bicyclic) bond motifs is 1. The Morgan fingerprint density at radius 2 is 1.88 bits per heavy atom. The highest BCUT2D eigenvalue weighted by Crippen LogP contribution is 2.44. The van der Waals surface area contributed by atoms with E-state index >= 15 is 0 Å². The van der Waals surface area contributed by atoms with Gasteiger partial charge in [0.1, 0.15) is 23.5 Å². The molecule has 128 valence electrons. The summed E-state index contributed by atoms with van der Waals surface area (Å²) in [5.74, 6) is -1.37. The average molecular weight is 343 g/mol. The van der Waals surface area contributed by atoms with Gasteiger partial charge in [0.2, 0.25) is 0 Å². The Morgan fingerprint density at radius 1 is 1.12 bits per heavy atom. The van der Waals surface area contributed by atoms with Crippen molar-refractivity contribution in [2.24, 2.45) is 0 Å². The summed E-state index contributed by atoms with van der Waals surface area (Å²) in [5.41, 5.74) is -0.907. The monoisotopic (exact) mass is 343 g/mol. The van der Waals surface area contributed by atoms with Crippen LogP contribution in [0.4, 0.5) is 22.0 Å². The fourth-order valence-corrected chi connectivity index (χ4v) is 2.84. The first-order valence-corrected chi connectivity index (χ1v) is 7.30. The molecule has 0 spiro atoms. The molecule has 1 heterocycles. The van der Waals surface area contributed by atoms with Crippen LogP contribution in [0, 0.1) is 11.6 Å². The van der Waals surface area contributed by atoms with E-state index < -0.39 is 23.4 Å². The third kappa shape index (κ3) is 3.08. The molecule has 2 aromatic carbocycles. The van der Waals surface area contributed by atoms with Crippen LogP contribution in [-0.2, 0) is 12.6 Å². The lowest BCUT2D eigenvalue weighted by molar-refractivity contribution is -0.137. The van der Waals surface area contributed by atoms with Crippen molar-refractivity contribution in [1.29, 1.82) is 0 Å². The van der Waals surface area contributed by atoms with E-state index in [0.29, 0.717) is 12.1 Å². The van der Waals surface area contributed by atoms with Gasteiger partial charge in [-0.2, -0.15) is 13.2 Å². The summed E-state index contributed by atoms with van der Waals surface area (Å²) in [6, 6.07) is 4.48. The molecule has 1 atom stereocenters. The molecule has 3 rings (SSSR count). The maximum atomic E-state index is 14.1. The van der Waals surface area contributed by atoms with Gasteiger partial charge in [-0.25, -0.2) is 8.78 Å². The van der Waals surface area contributed by atoms with Crippen molar-refractivity contribution in [2.75, 3.05) is 13.6 Å². The Hall–Kier alpha value is -2.15. The van der Waals surface area contributed by atoms with Gasteiger partial charge in [-0.3, -0.25) is 0 Å². The SMILES string of the molecule is CNCC1Cc2cc(C(F)(F)F)cc(-c3cc(F)ccc3F)c2O1. The van der Waals surface area contributed by atoms with E-state index in [1.807, 2.05) is 0 Å². The first-order chi connectivity index (χ1) is 11.3. The normalized spacial score (nSPS) is 16.8. The number of ether oxygens (including phenoxy) is 1. The number of hydrogen-bond acceptors (Lipinski definition) is 2. The van der Waals surface area contributed by atoms with Crippen molar-refractivity contribution in [3.63, 3.8) is 0 Å². The van der Waals surface area contributed by atoms with Gasteiger partial charge in [0.05, 0.1) is 5.56 Å². The molecule has 0 aliphatic carbocycles. The highest BCUT2D eigenvalue weighted by atomic mass is 19.4. The zero-order chi connectivity index (χ0) is 17.5. The first kappa shape index (κ1) is 16.7. The first-order valence-electron chi connectivity index (χ1n) is 7.30. The third-order valence-corrected chi connectivity index (χ3v) is 3.88. The predicted molar refractivity (Wildman–Crippen MR) is 78.8 cm³/mol. The molecule has 7 heteroatoms. The van der Waals surface area contributed by atoms with Crippen LogP contribution < -0.4 is 10.1 Å². The number of likely N-dealkylation sites (N-methyl/N-ethyl adjacent to an activating group) is 1. The number of hydrogen-bond donors (Lipinski definition) is 1. The summed E-state index contributed by atoms with van der Waals surface area (Å²) in [7, 11) is 1.70. The molecule has 0 saturated carbocycles. The molecule has 2 aromatic rings. The van der Waals surface area contributed by atoms with Crippen LogP contribution in [0.1, 0.15) is 11.1 Å². The Kier molecular flexibility index (Phi) is 4.21. The van der Waals surface area contributed by atoms with Crippen molar-refractivity contribution in [2.45, 2.75) is 18.7 Å². The van der Waals surface area contributed by atoms with Crippen LogP contribution in [0.5, 0.6) is 5.75 Å². The molecule has 0 bridgehead atoms. The molecule has 24 heavy (non-hydrogen) atoms. The van der Waals surface area contributed by atoms with Crippen LogP contribution in [0.25, 0.3) is 11.1 Å². The fourth-order valence-electron chi connectivity index (χ4n) is 2.84.